The highest BCUT2D eigenvalue weighted by molar-refractivity contribution is 6.32. The average Bonchev–Trinajstić information content (AvgIpc) is 3.27. The molecule has 4 rings (SSSR count). The van der Waals surface area contributed by atoms with Gasteiger partial charge < -0.3 is 15.5 Å². The van der Waals surface area contributed by atoms with Crippen LogP contribution >= 0.6 is 23.2 Å². The van der Waals surface area contributed by atoms with Crippen LogP contribution in [0.3, 0.4) is 0 Å². The van der Waals surface area contributed by atoms with E-state index in [0.29, 0.717) is 17.6 Å². The van der Waals surface area contributed by atoms with E-state index in [9.17, 15) is 4.79 Å². The Labute approximate surface area is 188 Å². The summed E-state index contributed by atoms with van der Waals surface area (Å²) in [7, 11) is 0. The predicted molar refractivity (Wildman–Crippen MR) is 121 cm³/mol. The fraction of sp³-hybridized carbons (Fsp3) is 0.211. The number of urea groups is 1. The number of carbonyl (C=O) groups excluding carboxylic acids is 1. The van der Waals surface area contributed by atoms with Gasteiger partial charge >= 0.3 is 6.03 Å². The van der Waals surface area contributed by atoms with Gasteiger partial charge in [0.25, 0.3) is 0 Å². The Morgan fingerprint density at radius 2 is 1.55 bits per heavy atom. The van der Waals surface area contributed by atoms with Gasteiger partial charge in [-0.2, -0.15) is 15.0 Å². The maximum absolute atomic E-state index is 12.2. The molecular weight excluding hydrogens is 441 g/mol. The molecule has 2 aromatic heterocycles. The first kappa shape index (κ1) is 20.9. The molecule has 0 saturated carbocycles. The molecule has 2 amide bonds. The molecule has 1 saturated heterocycles. The summed E-state index contributed by atoms with van der Waals surface area (Å²) in [6.45, 7) is 1.73. The summed E-state index contributed by atoms with van der Waals surface area (Å²) in [5.41, 5.74) is 6.43. The zero-order chi connectivity index (χ0) is 21.6. The summed E-state index contributed by atoms with van der Waals surface area (Å²) in [4.78, 5) is 31.4. The zero-order valence-electron chi connectivity index (χ0n) is 16.3. The molecule has 0 bridgehead atoms. The van der Waals surface area contributed by atoms with Crippen LogP contribution in [0.4, 0.5) is 34.0 Å². The Kier molecular flexibility index (Phi) is 6.48. The van der Waals surface area contributed by atoms with Crippen LogP contribution in [0.2, 0.25) is 10.3 Å². The second-order valence-electron chi connectivity index (χ2n) is 6.67. The van der Waals surface area contributed by atoms with Gasteiger partial charge in [0.2, 0.25) is 17.8 Å². The van der Waals surface area contributed by atoms with Gasteiger partial charge in [0.05, 0.1) is 0 Å². The lowest BCUT2D eigenvalue weighted by Gasteiger charge is -2.17. The van der Waals surface area contributed by atoms with Gasteiger partial charge in [0.15, 0.2) is 0 Å². The van der Waals surface area contributed by atoms with Gasteiger partial charge in [-0.05, 0) is 37.1 Å². The number of carbonyl (C=O) groups is 1. The minimum absolute atomic E-state index is 0.167. The number of nitrogens with zero attached hydrogens (tertiary/aromatic N) is 5. The van der Waals surface area contributed by atoms with Gasteiger partial charge in [-0.3, -0.25) is 5.43 Å². The van der Waals surface area contributed by atoms with Crippen molar-refractivity contribution in [1.29, 1.82) is 0 Å². The van der Waals surface area contributed by atoms with Crippen molar-refractivity contribution in [2.75, 3.05) is 34.0 Å². The quantitative estimate of drug-likeness (QED) is 0.321. The molecule has 4 N–H and O–H groups in total. The SMILES string of the molecule is O=C(NNc1nc(Nc2ccccc2)nc(N2CCCC2)n1)Nc1cc(Cl)nc(Cl)c1. The van der Waals surface area contributed by atoms with Crippen molar-refractivity contribution in [3.05, 3.63) is 52.8 Å². The summed E-state index contributed by atoms with van der Waals surface area (Å²) in [5.74, 6) is 1.08. The molecule has 3 aromatic rings. The number of benzene rings is 1. The highest BCUT2D eigenvalue weighted by Crippen LogP contribution is 2.21. The third-order valence-electron chi connectivity index (χ3n) is 4.35. The van der Waals surface area contributed by atoms with Gasteiger partial charge in [0, 0.05) is 24.5 Å². The van der Waals surface area contributed by atoms with E-state index >= 15 is 0 Å². The summed E-state index contributed by atoms with van der Waals surface area (Å²) in [6, 6.07) is 12.0. The number of aromatic nitrogens is 4. The van der Waals surface area contributed by atoms with Gasteiger partial charge in [-0.15, -0.1) is 0 Å². The van der Waals surface area contributed by atoms with Crippen LogP contribution in [0.1, 0.15) is 12.8 Å². The molecule has 31 heavy (non-hydrogen) atoms. The van der Waals surface area contributed by atoms with Crippen LogP contribution < -0.4 is 26.4 Å². The number of para-hydroxylation sites is 1. The maximum atomic E-state index is 12.2. The van der Waals surface area contributed by atoms with Crippen molar-refractivity contribution < 1.29 is 4.79 Å². The standard InChI is InChI=1S/C19H19Cl2N9O/c20-14-10-13(11-15(21)24-14)23-19(31)29-28-17-25-16(22-12-6-2-1-3-7-12)26-18(27-17)30-8-4-5-9-30/h1-3,6-7,10-11H,4-5,8-9H2,(H2,23,24,29,31)(H2,22,25,26,27,28). The Bertz CT molecular complexity index is 1040. The molecule has 0 radical (unpaired) electrons. The topological polar surface area (TPSA) is 120 Å². The van der Waals surface area contributed by atoms with Gasteiger partial charge in [-0.1, -0.05) is 41.4 Å². The third kappa shape index (κ3) is 5.83. The fourth-order valence-corrected chi connectivity index (χ4v) is 3.46. The molecule has 1 aliphatic rings. The van der Waals surface area contributed by atoms with Crippen LogP contribution in [-0.2, 0) is 0 Å². The van der Waals surface area contributed by atoms with Crippen LogP contribution in [0.15, 0.2) is 42.5 Å². The van der Waals surface area contributed by atoms with Crippen LogP contribution in [-0.4, -0.2) is 39.1 Å². The molecular formula is C19H19Cl2N9O. The van der Waals surface area contributed by atoms with Crippen molar-refractivity contribution >= 4 is 58.5 Å². The molecule has 1 aliphatic heterocycles. The highest BCUT2D eigenvalue weighted by atomic mass is 35.5. The first-order chi connectivity index (χ1) is 15.0. The Balaban J connectivity index is 1.47. The minimum Gasteiger partial charge on any atom is -0.341 e. The maximum Gasteiger partial charge on any atom is 0.337 e. The molecule has 1 fully saturated rings. The van der Waals surface area contributed by atoms with Crippen molar-refractivity contribution in [1.82, 2.24) is 25.4 Å². The second-order valence-corrected chi connectivity index (χ2v) is 7.45. The van der Waals surface area contributed by atoms with Crippen molar-refractivity contribution in [3.8, 4) is 0 Å². The molecule has 160 valence electrons. The number of amides is 2. The normalized spacial score (nSPS) is 13.0. The summed E-state index contributed by atoms with van der Waals surface area (Å²) in [6.07, 6.45) is 2.15. The second kappa shape index (κ2) is 9.63. The molecule has 0 unspecified atom stereocenters. The first-order valence-corrected chi connectivity index (χ1v) is 10.3. The van der Waals surface area contributed by atoms with Crippen LogP contribution in [0, 0.1) is 0 Å². The van der Waals surface area contributed by atoms with Crippen molar-refractivity contribution in [2.24, 2.45) is 0 Å². The van der Waals surface area contributed by atoms with E-state index in [0.717, 1.165) is 31.6 Å². The average molecular weight is 460 g/mol. The van der Waals surface area contributed by atoms with Crippen molar-refractivity contribution in [3.63, 3.8) is 0 Å². The van der Waals surface area contributed by atoms with E-state index < -0.39 is 6.03 Å². The smallest absolute Gasteiger partial charge is 0.337 e. The van der Waals surface area contributed by atoms with Gasteiger partial charge in [-0.25, -0.2) is 15.2 Å². The van der Waals surface area contributed by atoms with E-state index in [2.05, 4.69) is 46.3 Å². The number of nitrogens with one attached hydrogen (secondary N) is 4. The molecule has 0 aliphatic carbocycles. The number of hydrogen-bond acceptors (Lipinski definition) is 8. The van der Waals surface area contributed by atoms with E-state index in [-0.39, 0.29) is 16.3 Å². The van der Waals surface area contributed by atoms with E-state index in [1.165, 1.54) is 12.1 Å². The predicted octanol–water partition coefficient (Wildman–Crippen LogP) is 4.07. The summed E-state index contributed by atoms with van der Waals surface area (Å²) < 4.78 is 0. The Hall–Kier alpha value is -3.37. The number of anilines is 5. The number of rotatable bonds is 6. The summed E-state index contributed by atoms with van der Waals surface area (Å²) in [5, 5.41) is 6.09. The lowest BCUT2D eigenvalue weighted by atomic mass is 10.3. The lowest BCUT2D eigenvalue weighted by Crippen LogP contribution is -2.34. The molecule has 10 nitrogen and oxygen atoms in total. The monoisotopic (exact) mass is 459 g/mol. The fourth-order valence-electron chi connectivity index (χ4n) is 3.00. The lowest BCUT2D eigenvalue weighted by molar-refractivity contribution is 0.253. The number of halogens is 2. The zero-order valence-corrected chi connectivity index (χ0v) is 17.8. The molecule has 0 spiro atoms. The largest absolute Gasteiger partial charge is 0.341 e. The van der Waals surface area contributed by atoms with Crippen molar-refractivity contribution in [2.45, 2.75) is 12.8 Å². The van der Waals surface area contributed by atoms with E-state index in [1.807, 2.05) is 30.3 Å². The first-order valence-electron chi connectivity index (χ1n) is 9.54. The van der Waals surface area contributed by atoms with Crippen LogP contribution in [0.25, 0.3) is 0 Å². The molecule has 1 aromatic carbocycles. The minimum atomic E-state index is -0.556. The third-order valence-corrected chi connectivity index (χ3v) is 4.74. The van der Waals surface area contributed by atoms with E-state index in [4.69, 9.17) is 23.2 Å². The van der Waals surface area contributed by atoms with E-state index in [1.54, 1.807) is 0 Å². The molecule has 3 heterocycles. The molecule has 12 heteroatoms. The van der Waals surface area contributed by atoms with Gasteiger partial charge in [0.1, 0.15) is 10.3 Å². The highest BCUT2D eigenvalue weighted by Gasteiger charge is 2.18. The molecule has 0 atom stereocenters. The van der Waals surface area contributed by atoms with Crippen LogP contribution in [0.5, 0.6) is 0 Å². The number of hydrogen-bond donors (Lipinski definition) is 4. The number of pyridine rings is 1. The summed E-state index contributed by atoms with van der Waals surface area (Å²) >= 11 is 11.7. The Morgan fingerprint density at radius 1 is 0.871 bits per heavy atom. The number of hydrazine groups is 1. The Morgan fingerprint density at radius 3 is 2.26 bits per heavy atom.